The lowest BCUT2D eigenvalue weighted by molar-refractivity contribution is 0.487. The minimum Gasteiger partial charge on any atom is -0.367 e. The molecular formula is C30H32Cl2N2. The highest BCUT2D eigenvalue weighted by Gasteiger charge is 2.41. The van der Waals surface area contributed by atoms with E-state index in [2.05, 4.69) is 99.3 Å². The van der Waals surface area contributed by atoms with Gasteiger partial charge in [0.25, 0.3) is 0 Å². The summed E-state index contributed by atoms with van der Waals surface area (Å²) in [6, 6.07) is 13.2. The van der Waals surface area contributed by atoms with Crippen LogP contribution >= 0.6 is 23.2 Å². The van der Waals surface area contributed by atoms with E-state index < -0.39 is 0 Å². The predicted molar refractivity (Wildman–Crippen MR) is 147 cm³/mol. The van der Waals surface area contributed by atoms with Gasteiger partial charge in [0.2, 0.25) is 0 Å². The molecule has 2 aromatic carbocycles. The third kappa shape index (κ3) is 3.91. The van der Waals surface area contributed by atoms with Crippen LogP contribution in [0.3, 0.4) is 0 Å². The molecule has 0 fully saturated rings. The molecule has 0 spiro atoms. The number of benzene rings is 2. The zero-order valence-corrected chi connectivity index (χ0v) is 22.1. The highest BCUT2D eigenvalue weighted by atomic mass is 35.5. The van der Waals surface area contributed by atoms with Crippen molar-refractivity contribution in [3.05, 3.63) is 104 Å². The first kappa shape index (κ1) is 23.3. The fraction of sp³-hybridized carbons (Fsp3) is 0.333. The van der Waals surface area contributed by atoms with Crippen LogP contribution in [0.15, 0.2) is 82.6 Å². The first-order valence-electron chi connectivity index (χ1n) is 12.0. The van der Waals surface area contributed by atoms with Gasteiger partial charge in [-0.05, 0) is 72.4 Å². The summed E-state index contributed by atoms with van der Waals surface area (Å²) in [5, 5.41) is 1.70. The van der Waals surface area contributed by atoms with Crippen molar-refractivity contribution >= 4 is 34.6 Å². The van der Waals surface area contributed by atoms with Crippen LogP contribution < -0.4 is 9.80 Å². The SMILES string of the molecule is Cc1ccc2c(c1)C/C(=C\C=C1/CCC(/C=C/C3N(C)c4ccc(Cl)cc4C3(C)C)=C1Cl)N2C. The molecule has 1 aliphatic carbocycles. The molecule has 0 bridgehead atoms. The Labute approximate surface area is 213 Å². The van der Waals surface area contributed by atoms with E-state index in [-0.39, 0.29) is 11.5 Å². The van der Waals surface area contributed by atoms with E-state index in [1.807, 2.05) is 6.07 Å². The molecule has 0 radical (unpaired) electrons. The highest BCUT2D eigenvalue weighted by molar-refractivity contribution is 6.33. The van der Waals surface area contributed by atoms with Crippen molar-refractivity contribution in [3.8, 4) is 0 Å². The average Bonchev–Trinajstić information content (AvgIpc) is 3.36. The normalized spacial score (nSPS) is 23.7. The Balaban J connectivity index is 1.36. The average molecular weight is 492 g/mol. The molecule has 0 saturated carbocycles. The number of nitrogens with zero attached hydrogens (tertiary/aromatic N) is 2. The van der Waals surface area contributed by atoms with Gasteiger partial charge in [-0.3, -0.25) is 0 Å². The molecule has 2 nitrogen and oxygen atoms in total. The van der Waals surface area contributed by atoms with E-state index in [4.69, 9.17) is 23.2 Å². The molecule has 0 N–H and O–H groups in total. The number of allylic oxidation sites excluding steroid dienone is 7. The largest absolute Gasteiger partial charge is 0.367 e. The first-order chi connectivity index (χ1) is 16.2. The van der Waals surface area contributed by atoms with Crippen molar-refractivity contribution in [1.82, 2.24) is 0 Å². The van der Waals surface area contributed by atoms with E-state index in [0.717, 1.165) is 29.3 Å². The Morgan fingerprint density at radius 1 is 0.971 bits per heavy atom. The Morgan fingerprint density at radius 2 is 1.74 bits per heavy atom. The van der Waals surface area contributed by atoms with Crippen LogP contribution in [0.25, 0.3) is 0 Å². The molecule has 1 atom stereocenters. The number of aryl methyl sites for hydroxylation is 1. The molecule has 5 rings (SSSR count). The number of hydrogen-bond donors (Lipinski definition) is 0. The van der Waals surface area contributed by atoms with Crippen LogP contribution in [-0.4, -0.2) is 20.1 Å². The third-order valence-corrected chi connectivity index (χ3v) is 8.49. The maximum absolute atomic E-state index is 6.87. The molecule has 1 unspecified atom stereocenters. The second-order valence-electron chi connectivity index (χ2n) is 10.4. The van der Waals surface area contributed by atoms with Crippen molar-refractivity contribution in [2.75, 3.05) is 23.9 Å². The van der Waals surface area contributed by atoms with Crippen molar-refractivity contribution in [2.45, 2.75) is 51.5 Å². The maximum Gasteiger partial charge on any atom is 0.0565 e. The number of fused-ring (bicyclic) bond motifs is 2. The third-order valence-electron chi connectivity index (χ3n) is 7.77. The van der Waals surface area contributed by atoms with Gasteiger partial charge < -0.3 is 9.80 Å². The monoisotopic (exact) mass is 490 g/mol. The van der Waals surface area contributed by atoms with Crippen molar-refractivity contribution < 1.29 is 0 Å². The molecule has 2 aliphatic heterocycles. The summed E-state index contributed by atoms with van der Waals surface area (Å²) >= 11 is 13.2. The van der Waals surface area contributed by atoms with Gasteiger partial charge in [0.05, 0.1) is 6.04 Å². The van der Waals surface area contributed by atoms with Crippen LogP contribution in [0, 0.1) is 6.92 Å². The minimum absolute atomic E-state index is 0.0272. The summed E-state index contributed by atoms with van der Waals surface area (Å²) in [6.07, 6.45) is 12.0. The van der Waals surface area contributed by atoms with Gasteiger partial charge in [0.15, 0.2) is 0 Å². The first-order valence-corrected chi connectivity index (χ1v) is 12.8. The summed E-state index contributed by atoms with van der Waals surface area (Å²) in [5.41, 5.74) is 10.3. The lowest BCUT2D eigenvalue weighted by atomic mass is 9.80. The van der Waals surface area contributed by atoms with E-state index in [0.29, 0.717) is 0 Å². The quantitative estimate of drug-likeness (QED) is 0.428. The van der Waals surface area contributed by atoms with Gasteiger partial charge in [0.1, 0.15) is 0 Å². The van der Waals surface area contributed by atoms with Crippen LogP contribution in [0.1, 0.15) is 43.4 Å². The van der Waals surface area contributed by atoms with Crippen LogP contribution in [0.5, 0.6) is 0 Å². The van der Waals surface area contributed by atoms with Gasteiger partial charge in [-0.25, -0.2) is 0 Å². The van der Waals surface area contributed by atoms with E-state index in [1.165, 1.54) is 44.9 Å². The molecule has 3 aliphatic rings. The Hall–Kier alpha value is -2.42. The van der Waals surface area contributed by atoms with Gasteiger partial charge >= 0.3 is 0 Å². The van der Waals surface area contributed by atoms with Gasteiger partial charge in [-0.2, -0.15) is 0 Å². The summed E-state index contributed by atoms with van der Waals surface area (Å²) in [7, 11) is 4.31. The Kier molecular flexibility index (Phi) is 5.94. The van der Waals surface area contributed by atoms with Crippen LogP contribution in [-0.2, 0) is 11.8 Å². The second-order valence-corrected chi connectivity index (χ2v) is 11.2. The minimum atomic E-state index is -0.0272. The molecule has 0 aromatic heterocycles. The lowest BCUT2D eigenvalue weighted by Gasteiger charge is -2.29. The fourth-order valence-electron chi connectivity index (χ4n) is 5.73. The topological polar surface area (TPSA) is 6.48 Å². The summed E-state index contributed by atoms with van der Waals surface area (Å²) < 4.78 is 0. The molecule has 0 saturated heterocycles. The summed E-state index contributed by atoms with van der Waals surface area (Å²) in [4.78, 5) is 4.64. The Morgan fingerprint density at radius 3 is 2.53 bits per heavy atom. The van der Waals surface area contributed by atoms with Gasteiger partial charge in [0, 0.05) is 53.1 Å². The van der Waals surface area contributed by atoms with Gasteiger partial charge in [-0.1, -0.05) is 73.0 Å². The molecule has 34 heavy (non-hydrogen) atoms. The molecule has 176 valence electrons. The smallest absolute Gasteiger partial charge is 0.0565 e. The maximum atomic E-state index is 6.87. The fourth-order valence-corrected chi connectivity index (χ4v) is 6.22. The number of likely N-dealkylation sites (N-methyl/N-ethyl adjacent to an activating group) is 2. The summed E-state index contributed by atoms with van der Waals surface area (Å²) in [5.74, 6) is 0. The zero-order chi connectivity index (χ0) is 24.2. The molecular weight excluding hydrogens is 459 g/mol. The van der Waals surface area contributed by atoms with E-state index in [9.17, 15) is 0 Å². The zero-order valence-electron chi connectivity index (χ0n) is 20.6. The standard InChI is InChI=1S/C30H32Cl2N2/c1-19-6-13-26-22(16-19)17-24(33(26)4)12-9-20-7-8-21(29(20)32)10-15-28-30(2,3)25-18-23(31)11-14-27(25)34(28)5/h6,9-16,18,28H,7-8,17H2,1-5H3/b15-10+,20-9+,24-12+. The predicted octanol–water partition coefficient (Wildman–Crippen LogP) is 8.09. The molecule has 2 aromatic rings. The van der Waals surface area contributed by atoms with Crippen molar-refractivity contribution in [3.63, 3.8) is 0 Å². The van der Waals surface area contributed by atoms with Crippen LogP contribution in [0.4, 0.5) is 11.4 Å². The molecule has 2 heterocycles. The number of hydrogen-bond acceptors (Lipinski definition) is 2. The highest BCUT2D eigenvalue weighted by Crippen LogP contribution is 2.46. The number of halogens is 2. The van der Waals surface area contributed by atoms with Crippen LogP contribution in [0.2, 0.25) is 5.02 Å². The van der Waals surface area contributed by atoms with Crippen molar-refractivity contribution in [1.29, 1.82) is 0 Å². The Bertz CT molecular complexity index is 1280. The van der Waals surface area contributed by atoms with Crippen molar-refractivity contribution in [2.24, 2.45) is 0 Å². The van der Waals surface area contributed by atoms with Gasteiger partial charge in [-0.15, -0.1) is 0 Å². The van der Waals surface area contributed by atoms with E-state index >= 15 is 0 Å². The molecule has 0 amide bonds. The second kappa shape index (κ2) is 8.66. The summed E-state index contributed by atoms with van der Waals surface area (Å²) in [6.45, 7) is 6.74. The molecule has 4 heteroatoms. The number of rotatable bonds is 3. The van der Waals surface area contributed by atoms with E-state index in [1.54, 1.807) is 0 Å². The lowest BCUT2D eigenvalue weighted by Crippen LogP contribution is -2.37. The number of anilines is 2.